The first-order chi connectivity index (χ1) is 17.1. The van der Waals surface area contributed by atoms with Gasteiger partial charge in [-0.05, 0) is 42.1 Å². The van der Waals surface area contributed by atoms with Gasteiger partial charge in [-0.1, -0.05) is 43.4 Å². The molecule has 178 valence electrons. The molecule has 6 rings (SSSR count). The number of pyridine rings is 2. The first-order valence-corrected chi connectivity index (χ1v) is 15.4. The Labute approximate surface area is 230 Å². The van der Waals surface area contributed by atoms with Crippen molar-refractivity contribution in [3.05, 3.63) is 116 Å². The van der Waals surface area contributed by atoms with E-state index in [-0.39, 0.29) is 21.1 Å². The summed E-state index contributed by atoms with van der Waals surface area (Å²) in [7, 11) is -1.97. The predicted molar refractivity (Wildman–Crippen MR) is 150 cm³/mol. The Morgan fingerprint density at radius 1 is 0.694 bits per heavy atom. The number of para-hydroxylation sites is 1. The zero-order chi connectivity index (χ0) is 23.8. The van der Waals surface area contributed by atoms with Gasteiger partial charge in [0.2, 0.25) is 0 Å². The van der Waals surface area contributed by atoms with E-state index >= 15 is 0 Å². The average molecular weight is 681 g/mol. The van der Waals surface area contributed by atoms with Gasteiger partial charge in [0.05, 0.1) is 0 Å². The number of benzene rings is 3. The van der Waals surface area contributed by atoms with Crippen molar-refractivity contribution in [3.63, 3.8) is 0 Å². The van der Waals surface area contributed by atoms with Crippen molar-refractivity contribution in [1.82, 2.24) is 9.97 Å². The Bertz CT molecular complexity index is 1580. The van der Waals surface area contributed by atoms with Crippen molar-refractivity contribution in [2.24, 2.45) is 0 Å². The molecule has 0 radical (unpaired) electrons. The first kappa shape index (κ1) is 24.6. The molecule has 0 bridgehead atoms. The molecular formula is C30H23N3PtSSi. The second kappa shape index (κ2) is 10.1. The fourth-order valence-corrected chi connectivity index (χ4v) is 7.58. The van der Waals surface area contributed by atoms with Crippen molar-refractivity contribution in [2.45, 2.75) is 13.1 Å². The van der Waals surface area contributed by atoms with E-state index in [0.29, 0.717) is 0 Å². The van der Waals surface area contributed by atoms with E-state index in [1.807, 2.05) is 54.9 Å². The van der Waals surface area contributed by atoms with Gasteiger partial charge < -0.3 is 4.90 Å². The number of aromatic nitrogens is 2. The van der Waals surface area contributed by atoms with Crippen molar-refractivity contribution >= 4 is 67.3 Å². The van der Waals surface area contributed by atoms with Crippen LogP contribution in [0, 0.1) is 12.1 Å². The average Bonchev–Trinajstić information content (AvgIpc) is 3.28. The molecule has 0 spiro atoms. The van der Waals surface area contributed by atoms with E-state index in [1.165, 1.54) is 19.9 Å². The molecule has 0 fully saturated rings. The minimum Gasteiger partial charge on any atom is -0.314 e. The van der Waals surface area contributed by atoms with E-state index < -0.39 is 8.07 Å². The summed E-state index contributed by atoms with van der Waals surface area (Å²) < 4.78 is 2.44. The summed E-state index contributed by atoms with van der Waals surface area (Å²) in [5.41, 5.74) is 2.01. The topological polar surface area (TPSA) is 29.0 Å². The predicted octanol–water partition coefficient (Wildman–Crippen LogP) is 6.73. The summed E-state index contributed by atoms with van der Waals surface area (Å²) in [6.45, 7) is 4.68. The minimum absolute atomic E-state index is 0. The monoisotopic (exact) mass is 680 g/mol. The van der Waals surface area contributed by atoms with Crippen molar-refractivity contribution in [2.75, 3.05) is 4.90 Å². The SMILES string of the molecule is C[Si](C)(c1[c-]c2c(cc1)sc1ccc(N(c3ccccc3)c3ccccn3)[c-]c12)c1ccccn1.[Pt+2]. The van der Waals surface area contributed by atoms with Gasteiger partial charge in [-0.2, -0.15) is 12.1 Å². The molecule has 0 aliphatic carbocycles. The van der Waals surface area contributed by atoms with Crippen LogP contribution in [0.3, 0.4) is 0 Å². The maximum absolute atomic E-state index is 4.68. The molecule has 6 aromatic rings. The van der Waals surface area contributed by atoms with Crippen LogP contribution in [0.1, 0.15) is 0 Å². The largest absolute Gasteiger partial charge is 2.00 e. The van der Waals surface area contributed by atoms with Crippen molar-refractivity contribution in [3.8, 4) is 0 Å². The second-order valence-electron chi connectivity index (χ2n) is 9.00. The van der Waals surface area contributed by atoms with Crippen LogP contribution in [0.25, 0.3) is 20.2 Å². The minimum atomic E-state index is -1.97. The molecule has 3 heterocycles. The molecule has 3 aromatic heterocycles. The van der Waals surface area contributed by atoms with E-state index in [1.54, 1.807) is 11.3 Å². The number of hydrogen-bond donors (Lipinski definition) is 0. The molecule has 0 aliphatic rings. The van der Waals surface area contributed by atoms with Gasteiger partial charge in [0.15, 0.2) is 0 Å². The summed E-state index contributed by atoms with van der Waals surface area (Å²) in [6, 6.07) is 38.8. The number of thiophene rings is 1. The Kier molecular flexibility index (Phi) is 6.89. The van der Waals surface area contributed by atoms with Gasteiger partial charge in [-0.3, -0.25) is 16.3 Å². The Morgan fingerprint density at radius 2 is 1.36 bits per heavy atom. The third-order valence-electron chi connectivity index (χ3n) is 6.38. The van der Waals surface area contributed by atoms with Crippen LogP contribution in [0.5, 0.6) is 0 Å². The van der Waals surface area contributed by atoms with Crippen molar-refractivity contribution in [1.29, 1.82) is 0 Å². The van der Waals surface area contributed by atoms with Gasteiger partial charge >= 0.3 is 21.1 Å². The standard InChI is InChI=1S/C30H23N3SSi.Pt/c1-35(2,30-13-7-9-19-32-30)24-15-17-28-26(21-24)25-20-23(14-16-27(25)34-28)33(22-10-4-3-5-11-22)29-12-6-8-18-31-29;/h3-19H,1-2H3;/q-2;+2. The molecule has 0 saturated heterocycles. The molecule has 6 heteroatoms. The molecule has 0 atom stereocenters. The molecule has 3 nitrogen and oxygen atoms in total. The van der Waals surface area contributed by atoms with Crippen LogP contribution in [0.15, 0.2) is 103 Å². The summed E-state index contributed by atoms with van der Waals surface area (Å²) >= 11 is 1.79. The molecule has 0 amide bonds. The summed E-state index contributed by atoms with van der Waals surface area (Å²) in [5.74, 6) is 0.863. The maximum Gasteiger partial charge on any atom is 2.00 e. The first-order valence-electron chi connectivity index (χ1n) is 11.6. The molecular weight excluding hydrogens is 658 g/mol. The number of anilines is 3. The van der Waals surface area contributed by atoms with E-state index in [9.17, 15) is 0 Å². The number of rotatable bonds is 5. The number of nitrogens with zero attached hydrogens (tertiary/aromatic N) is 3. The second-order valence-corrected chi connectivity index (χ2v) is 14.4. The summed E-state index contributed by atoms with van der Waals surface area (Å²) in [4.78, 5) is 11.5. The Hall–Kier alpha value is -3.11. The van der Waals surface area contributed by atoms with Crippen LogP contribution in [0.4, 0.5) is 17.2 Å². The third kappa shape index (κ3) is 4.43. The molecule has 3 aromatic carbocycles. The van der Waals surface area contributed by atoms with Gasteiger partial charge in [0.25, 0.3) is 0 Å². The fraction of sp³-hybridized carbons (Fsp3) is 0.0667. The summed E-state index contributed by atoms with van der Waals surface area (Å²) in [6.07, 6.45) is 3.71. The van der Waals surface area contributed by atoms with Crippen LogP contribution in [0.2, 0.25) is 13.1 Å². The molecule has 0 aliphatic heterocycles. The number of fused-ring (bicyclic) bond motifs is 3. The molecule has 0 N–H and O–H groups in total. The zero-order valence-electron chi connectivity index (χ0n) is 19.9. The maximum atomic E-state index is 4.68. The summed E-state index contributed by atoms with van der Waals surface area (Å²) in [5, 5.41) is 4.67. The van der Waals surface area contributed by atoms with E-state index in [2.05, 4.69) is 88.6 Å². The van der Waals surface area contributed by atoms with Crippen LogP contribution < -0.4 is 15.4 Å². The number of hydrogen-bond acceptors (Lipinski definition) is 4. The normalized spacial score (nSPS) is 11.4. The van der Waals surface area contributed by atoms with Gasteiger partial charge in [0.1, 0.15) is 13.9 Å². The quantitative estimate of drug-likeness (QED) is 0.149. The van der Waals surface area contributed by atoms with E-state index in [4.69, 9.17) is 0 Å². The smallest absolute Gasteiger partial charge is 0.314 e. The van der Waals surface area contributed by atoms with Gasteiger partial charge in [-0.15, -0.1) is 38.9 Å². The van der Waals surface area contributed by atoms with E-state index in [0.717, 1.165) is 28.0 Å². The fourth-order valence-electron chi connectivity index (χ4n) is 4.43. The molecule has 0 saturated carbocycles. The van der Waals surface area contributed by atoms with Gasteiger partial charge in [0, 0.05) is 23.4 Å². The van der Waals surface area contributed by atoms with Gasteiger partial charge in [-0.25, -0.2) is 15.8 Å². The van der Waals surface area contributed by atoms with Crippen LogP contribution in [-0.2, 0) is 21.1 Å². The van der Waals surface area contributed by atoms with Crippen molar-refractivity contribution < 1.29 is 21.1 Å². The zero-order valence-corrected chi connectivity index (χ0v) is 24.0. The Balaban J connectivity index is 0.00000267. The molecule has 36 heavy (non-hydrogen) atoms. The third-order valence-corrected chi connectivity index (χ3v) is 10.7. The Morgan fingerprint density at radius 3 is 2.06 bits per heavy atom. The van der Waals surface area contributed by atoms with Crippen LogP contribution >= 0.6 is 11.3 Å². The molecule has 0 unspecified atom stereocenters. The van der Waals surface area contributed by atoms with Crippen LogP contribution in [-0.4, -0.2) is 18.0 Å².